The van der Waals surface area contributed by atoms with Crippen LogP contribution in [0.25, 0.3) is 0 Å². The molecule has 5 heteroatoms. The molecule has 0 saturated carbocycles. The molecule has 0 bridgehead atoms. The van der Waals surface area contributed by atoms with Crippen molar-refractivity contribution < 1.29 is 9.90 Å². The largest absolute Gasteiger partial charge is 0.384 e. The molecule has 3 nitrogen and oxygen atoms in total. The van der Waals surface area contributed by atoms with Crippen LogP contribution in [0.3, 0.4) is 0 Å². The minimum atomic E-state index is -0.269. The highest BCUT2D eigenvalue weighted by atomic mass is 35.5. The van der Waals surface area contributed by atoms with Crippen molar-refractivity contribution in [3.05, 3.63) is 63.6 Å². The van der Waals surface area contributed by atoms with Crippen LogP contribution in [-0.4, -0.2) is 17.6 Å². The zero-order valence-electron chi connectivity index (χ0n) is 10.9. The first kappa shape index (κ1) is 15.4. The van der Waals surface area contributed by atoms with E-state index >= 15 is 0 Å². The average molecular weight is 320 g/mol. The lowest BCUT2D eigenvalue weighted by molar-refractivity contribution is 0.102. The Morgan fingerprint density at radius 3 is 2.29 bits per heavy atom. The van der Waals surface area contributed by atoms with Crippen LogP contribution in [-0.2, 0) is 0 Å². The van der Waals surface area contributed by atoms with Gasteiger partial charge in [0.1, 0.15) is 6.61 Å². The average Bonchev–Trinajstić information content (AvgIpc) is 2.44. The number of hydrogen-bond acceptors (Lipinski definition) is 2. The molecule has 0 aliphatic heterocycles. The van der Waals surface area contributed by atoms with Gasteiger partial charge in [-0.2, -0.15) is 0 Å². The molecule has 0 aliphatic rings. The fourth-order valence-electron chi connectivity index (χ4n) is 1.68. The van der Waals surface area contributed by atoms with Gasteiger partial charge in [0, 0.05) is 26.9 Å². The number of nitrogens with one attached hydrogen (secondary N) is 1. The van der Waals surface area contributed by atoms with Crippen LogP contribution in [0, 0.1) is 11.8 Å². The number of benzene rings is 2. The first-order chi connectivity index (χ1) is 10.1. The normalized spacial score (nSPS) is 9.67. The highest BCUT2D eigenvalue weighted by Crippen LogP contribution is 2.22. The molecule has 0 radical (unpaired) electrons. The molecule has 0 fully saturated rings. The molecule has 0 heterocycles. The van der Waals surface area contributed by atoms with Gasteiger partial charge in [-0.1, -0.05) is 35.0 Å². The monoisotopic (exact) mass is 319 g/mol. The van der Waals surface area contributed by atoms with Crippen molar-refractivity contribution in [2.24, 2.45) is 0 Å². The first-order valence-electron chi connectivity index (χ1n) is 6.06. The van der Waals surface area contributed by atoms with E-state index in [1.807, 2.05) is 0 Å². The molecule has 2 rings (SSSR count). The number of rotatable bonds is 2. The summed E-state index contributed by atoms with van der Waals surface area (Å²) in [5.41, 5.74) is 1.74. The molecule has 0 aromatic heterocycles. The van der Waals surface area contributed by atoms with Gasteiger partial charge in [0.25, 0.3) is 5.91 Å². The van der Waals surface area contributed by atoms with Gasteiger partial charge in [-0.25, -0.2) is 0 Å². The number of carbonyl (C=O) groups is 1. The second kappa shape index (κ2) is 7.14. The second-order valence-corrected chi connectivity index (χ2v) is 5.02. The van der Waals surface area contributed by atoms with Gasteiger partial charge >= 0.3 is 0 Å². The van der Waals surface area contributed by atoms with Gasteiger partial charge < -0.3 is 10.4 Å². The molecule has 0 spiro atoms. The summed E-state index contributed by atoms with van der Waals surface area (Å²) in [7, 11) is 0. The van der Waals surface area contributed by atoms with E-state index in [0.29, 0.717) is 21.3 Å². The molecule has 2 aromatic rings. The Labute approximate surface area is 132 Å². The Morgan fingerprint density at radius 1 is 1.10 bits per heavy atom. The third-order valence-electron chi connectivity index (χ3n) is 2.58. The molecule has 106 valence electrons. The number of amides is 1. The summed E-state index contributed by atoms with van der Waals surface area (Å²) in [5.74, 6) is 5.03. The molecule has 1 amide bonds. The van der Waals surface area contributed by atoms with E-state index < -0.39 is 0 Å². The van der Waals surface area contributed by atoms with E-state index in [4.69, 9.17) is 28.3 Å². The lowest BCUT2D eigenvalue weighted by atomic mass is 10.1. The maximum absolute atomic E-state index is 12.1. The standard InChI is InChI=1S/C16H11Cl2NO2/c17-13-8-14(18)10-15(9-13)19-16(21)12-5-3-11(4-6-12)2-1-7-20/h3-6,8-10,20H,7H2,(H,19,21). The molecule has 21 heavy (non-hydrogen) atoms. The molecule has 0 unspecified atom stereocenters. The van der Waals surface area contributed by atoms with Crippen molar-refractivity contribution in [2.45, 2.75) is 0 Å². The maximum atomic E-state index is 12.1. The van der Waals surface area contributed by atoms with Crippen molar-refractivity contribution >= 4 is 34.8 Å². The van der Waals surface area contributed by atoms with Crippen molar-refractivity contribution in [3.8, 4) is 11.8 Å². The van der Waals surface area contributed by atoms with Crippen LogP contribution in [0.1, 0.15) is 15.9 Å². The summed E-state index contributed by atoms with van der Waals surface area (Å²) in [6.07, 6.45) is 0. The van der Waals surface area contributed by atoms with Gasteiger partial charge in [-0.15, -0.1) is 0 Å². The fraction of sp³-hybridized carbons (Fsp3) is 0.0625. The zero-order chi connectivity index (χ0) is 15.2. The SMILES string of the molecule is O=C(Nc1cc(Cl)cc(Cl)c1)c1ccc(C#CCO)cc1. The van der Waals surface area contributed by atoms with E-state index in [-0.39, 0.29) is 12.5 Å². The Hall–Kier alpha value is -1.99. The van der Waals surface area contributed by atoms with Gasteiger partial charge in [0.15, 0.2) is 0 Å². The molecular formula is C16H11Cl2NO2. The maximum Gasteiger partial charge on any atom is 0.255 e. The van der Waals surface area contributed by atoms with Crippen LogP contribution in [0.15, 0.2) is 42.5 Å². The molecule has 0 saturated heterocycles. The summed E-state index contributed by atoms with van der Waals surface area (Å²) in [4.78, 5) is 12.1. The van der Waals surface area contributed by atoms with Gasteiger partial charge in [0.05, 0.1) is 0 Å². The van der Waals surface area contributed by atoms with Crippen LogP contribution in [0.2, 0.25) is 10.0 Å². The van der Waals surface area contributed by atoms with E-state index in [1.165, 1.54) is 0 Å². The molecule has 2 aromatic carbocycles. The Morgan fingerprint density at radius 2 is 1.71 bits per heavy atom. The highest BCUT2D eigenvalue weighted by molar-refractivity contribution is 6.35. The number of aliphatic hydroxyl groups is 1. The van der Waals surface area contributed by atoms with Crippen molar-refractivity contribution in [3.63, 3.8) is 0 Å². The van der Waals surface area contributed by atoms with Crippen LogP contribution in [0.4, 0.5) is 5.69 Å². The predicted molar refractivity (Wildman–Crippen MR) is 84.8 cm³/mol. The number of halogens is 2. The first-order valence-corrected chi connectivity index (χ1v) is 6.81. The van der Waals surface area contributed by atoms with Crippen LogP contribution in [0.5, 0.6) is 0 Å². The third-order valence-corrected chi connectivity index (χ3v) is 3.02. The lowest BCUT2D eigenvalue weighted by Crippen LogP contribution is -2.11. The zero-order valence-corrected chi connectivity index (χ0v) is 12.4. The van der Waals surface area contributed by atoms with Gasteiger partial charge in [-0.05, 0) is 42.5 Å². The van der Waals surface area contributed by atoms with Gasteiger partial charge in [-0.3, -0.25) is 4.79 Å². The minimum absolute atomic E-state index is 0.197. The summed E-state index contributed by atoms with van der Waals surface area (Å²) < 4.78 is 0. The molecular weight excluding hydrogens is 309 g/mol. The summed E-state index contributed by atoms with van der Waals surface area (Å²) >= 11 is 11.8. The topological polar surface area (TPSA) is 49.3 Å². The smallest absolute Gasteiger partial charge is 0.255 e. The predicted octanol–water partition coefficient (Wildman–Crippen LogP) is 3.59. The number of carbonyl (C=O) groups excluding carboxylic acids is 1. The quantitative estimate of drug-likeness (QED) is 0.831. The lowest BCUT2D eigenvalue weighted by Gasteiger charge is -2.06. The van der Waals surface area contributed by atoms with E-state index in [2.05, 4.69) is 17.2 Å². The van der Waals surface area contributed by atoms with Gasteiger partial charge in [0.2, 0.25) is 0 Å². The van der Waals surface area contributed by atoms with Crippen molar-refractivity contribution in [1.29, 1.82) is 0 Å². The summed E-state index contributed by atoms with van der Waals surface area (Å²) in [6.45, 7) is -0.197. The second-order valence-electron chi connectivity index (χ2n) is 4.15. The Kier molecular flexibility index (Phi) is 5.24. The molecule has 2 N–H and O–H groups in total. The highest BCUT2D eigenvalue weighted by Gasteiger charge is 2.07. The number of aliphatic hydroxyl groups excluding tert-OH is 1. The van der Waals surface area contributed by atoms with Crippen molar-refractivity contribution in [2.75, 3.05) is 11.9 Å². The Bertz CT molecular complexity index is 695. The van der Waals surface area contributed by atoms with Crippen LogP contribution < -0.4 is 5.32 Å². The third kappa shape index (κ3) is 4.51. The van der Waals surface area contributed by atoms with Crippen LogP contribution >= 0.6 is 23.2 Å². The fourth-order valence-corrected chi connectivity index (χ4v) is 2.20. The molecule has 0 atom stereocenters. The van der Waals surface area contributed by atoms with Crippen molar-refractivity contribution in [1.82, 2.24) is 0 Å². The molecule has 0 aliphatic carbocycles. The minimum Gasteiger partial charge on any atom is -0.384 e. The summed E-state index contributed by atoms with van der Waals surface area (Å²) in [6, 6.07) is 11.6. The number of hydrogen-bond donors (Lipinski definition) is 2. The number of anilines is 1. The summed E-state index contributed by atoms with van der Waals surface area (Å²) in [5, 5.41) is 12.2. The van der Waals surface area contributed by atoms with E-state index in [1.54, 1.807) is 42.5 Å². The van der Waals surface area contributed by atoms with E-state index in [9.17, 15) is 4.79 Å². The van der Waals surface area contributed by atoms with E-state index in [0.717, 1.165) is 5.56 Å². The Balaban J connectivity index is 2.13.